The predicted molar refractivity (Wildman–Crippen MR) is 142 cm³/mol. The van der Waals surface area contributed by atoms with Crippen molar-refractivity contribution >= 4 is 35.8 Å². The molecule has 182 valence electrons. The van der Waals surface area contributed by atoms with Crippen molar-refractivity contribution in [1.82, 2.24) is 15.5 Å². The predicted octanol–water partition coefficient (Wildman–Crippen LogP) is 3.43. The summed E-state index contributed by atoms with van der Waals surface area (Å²) < 4.78 is 16.2. The molecule has 0 saturated carbocycles. The number of carbonyl (C=O) groups excluding carboxylic acids is 1. The molecule has 0 saturated heterocycles. The molecule has 0 aliphatic rings. The highest BCUT2D eigenvalue weighted by molar-refractivity contribution is 14.0. The Morgan fingerprint density at radius 2 is 1.58 bits per heavy atom. The minimum Gasteiger partial charge on any atom is -0.493 e. The van der Waals surface area contributed by atoms with Crippen LogP contribution in [0.3, 0.4) is 0 Å². The average Bonchev–Trinajstić information content (AvgIpc) is 2.83. The number of guanidine groups is 1. The molecule has 0 spiro atoms. The maximum atomic E-state index is 12.7. The molecule has 33 heavy (non-hydrogen) atoms. The number of hydrogen-bond acceptors (Lipinski definition) is 5. The van der Waals surface area contributed by atoms with E-state index in [1.165, 1.54) is 0 Å². The molecule has 2 N–H and O–H groups in total. The fourth-order valence-electron chi connectivity index (χ4n) is 3.19. The highest BCUT2D eigenvalue weighted by Crippen LogP contribution is 2.38. The molecule has 0 fully saturated rings. The van der Waals surface area contributed by atoms with Gasteiger partial charge in [-0.2, -0.15) is 0 Å². The van der Waals surface area contributed by atoms with E-state index in [1.807, 2.05) is 61.2 Å². The number of likely N-dealkylation sites (N-methyl/N-ethyl adjacent to an activating group) is 1. The van der Waals surface area contributed by atoms with E-state index >= 15 is 0 Å². The smallest absolute Gasteiger partial charge is 0.242 e. The van der Waals surface area contributed by atoms with E-state index in [-0.39, 0.29) is 36.4 Å². The summed E-state index contributed by atoms with van der Waals surface area (Å²) in [4.78, 5) is 19.1. The van der Waals surface area contributed by atoms with Gasteiger partial charge in [0.1, 0.15) is 0 Å². The topological polar surface area (TPSA) is 84.4 Å². The summed E-state index contributed by atoms with van der Waals surface area (Å²) in [6.45, 7) is 6.38. The second-order valence-corrected chi connectivity index (χ2v) is 6.98. The molecular formula is C24H35IN4O4. The molecule has 2 aromatic carbocycles. The molecule has 2 aromatic rings. The number of ether oxygens (including phenoxy) is 3. The Bertz CT molecular complexity index is 868. The van der Waals surface area contributed by atoms with E-state index in [1.54, 1.807) is 21.3 Å². The molecule has 0 aliphatic heterocycles. The van der Waals surface area contributed by atoms with Crippen LogP contribution < -0.4 is 24.8 Å². The van der Waals surface area contributed by atoms with Crippen molar-refractivity contribution in [2.45, 2.75) is 26.9 Å². The standard InChI is InChI=1S/C24H34N4O4.HI/c1-6-25-24(26-15-19-13-20(30-3)23(32-5)21(14-19)31-4)27-16-22(29)28(7-2)17-18-11-9-8-10-12-18;/h8-14H,6-7,15-17H2,1-5H3,(H2,25,26,27);1H. The van der Waals surface area contributed by atoms with Gasteiger partial charge in [0.05, 0.1) is 34.4 Å². The monoisotopic (exact) mass is 570 g/mol. The van der Waals surface area contributed by atoms with Crippen LogP contribution in [0.1, 0.15) is 25.0 Å². The number of nitrogens with zero attached hydrogens (tertiary/aromatic N) is 2. The van der Waals surface area contributed by atoms with Crippen molar-refractivity contribution in [2.24, 2.45) is 4.99 Å². The Hall–Kier alpha value is -2.69. The van der Waals surface area contributed by atoms with Crippen molar-refractivity contribution < 1.29 is 19.0 Å². The van der Waals surface area contributed by atoms with E-state index in [0.717, 1.165) is 11.1 Å². The van der Waals surface area contributed by atoms with Crippen LogP contribution in [0.5, 0.6) is 17.2 Å². The van der Waals surface area contributed by atoms with Gasteiger partial charge in [0.25, 0.3) is 0 Å². The van der Waals surface area contributed by atoms with Crippen LogP contribution in [0, 0.1) is 0 Å². The van der Waals surface area contributed by atoms with Crippen molar-refractivity contribution in [3.63, 3.8) is 0 Å². The first-order valence-corrected chi connectivity index (χ1v) is 10.7. The molecule has 0 heterocycles. The average molecular weight is 570 g/mol. The Morgan fingerprint density at radius 3 is 2.09 bits per heavy atom. The number of nitrogens with one attached hydrogen (secondary N) is 2. The van der Waals surface area contributed by atoms with Crippen LogP contribution in [0.15, 0.2) is 47.5 Å². The van der Waals surface area contributed by atoms with Gasteiger partial charge >= 0.3 is 0 Å². The molecule has 0 unspecified atom stereocenters. The van der Waals surface area contributed by atoms with E-state index < -0.39 is 0 Å². The number of methoxy groups -OCH3 is 3. The van der Waals surface area contributed by atoms with Crippen LogP contribution in [0.2, 0.25) is 0 Å². The van der Waals surface area contributed by atoms with Crippen LogP contribution in [-0.2, 0) is 17.9 Å². The summed E-state index contributed by atoms with van der Waals surface area (Å²) >= 11 is 0. The summed E-state index contributed by atoms with van der Waals surface area (Å²) in [6, 6.07) is 13.7. The number of hydrogen-bond donors (Lipinski definition) is 2. The zero-order valence-electron chi connectivity index (χ0n) is 20.0. The highest BCUT2D eigenvalue weighted by atomic mass is 127. The quantitative estimate of drug-likeness (QED) is 0.245. The lowest BCUT2D eigenvalue weighted by atomic mass is 10.2. The second kappa shape index (κ2) is 15.2. The van der Waals surface area contributed by atoms with Crippen LogP contribution in [-0.4, -0.2) is 57.7 Å². The van der Waals surface area contributed by atoms with Crippen LogP contribution in [0.4, 0.5) is 0 Å². The van der Waals surface area contributed by atoms with Gasteiger partial charge in [0.2, 0.25) is 11.7 Å². The van der Waals surface area contributed by atoms with Gasteiger partial charge in [-0.3, -0.25) is 4.79 Å². The minimum absolute atomic E-state index is 0. The maximum Gasteiger partial charge on any atom is 0.242 e. The van der Waals surface area contributed by atoms with Gasteiger partial charge < -0.3 is 29.7 Å². The van der Waals surface area contributed by atoms with Crippen molar-refractivity contribution in [3.05, 3.63) is 53.6 Å². The first-order valence-electron chi connectivity index (χ1n) is 10.7. The minimum atomic E-state index is 0. The molecule has 8 nitrogen and oxygen atoms in total. The summed E-state index contributed by atoms with van der Waals surface area (Å²) in [5, 5.41) is 6.31. The third-order valence-electron chi connectivity index (χ3n) is 4.85. The fourth-order valence-corrected chi connectivity index (χ4v) is 3.19. The summed E-state index contributed by atoms with van der Waals surface area (Å²) in [5.41, 5.74) is 1.99. The number of benzene rings is 2. The lowest BCUT2D eigenvalue weighted by Crippen LogP contribution is -2.44. The largest absolute Gasteiger partial charge is 0.493 e. The Morgan fingerprint density at radius 1 is 0.939 bits per heavy atom. The van der Waals surface area contributed by atoms with E-state index in [9.17, 15) is 4.79 Å². The Balaban J connectivity index is 0.00000544. The lowest BCUT2D eigenvalue weighted by molar-refractivity contribution is -0.130. The zero-order valence-corrected chi connectivity index (χ0v) is 22.3. The second-order valence-electron chi connectivity index (χ2n) is 6.98. The SMILES string of the molecule is CCNC(=NCc1cc(OC)c(OC)c(OC)c1)NCC(=O)N(CC)Cc1ccccc1.I. The number of amides is 1. The molecule has 0 atom stereocenters. The molecular weight excluding hydrogens is 535 g/mol. The molecule has 0 aliphatic carbocycles. The summed E-state index contributed by atoms with van der Waals surface area (Å²) in [5.74, 6) is 2.26. The normalized spacial score (nSPS) is 10.6. The van der Waals surface area contributed by atoms with Crippen molar-refractivity contribution in [3.8, 4) is 17.2 Å². The fraction of sp³-hybridized carbons (Fsp3) is 0.417. The first kappa shape index (κ1) is 28.3. The zero-order chi connectivity index (χ0) is 23.3. The van der Waals surface area contributed by atoms with E-state index in [0.29, 0.717) is 49.4 Å². The molecule has 0 radical (unpaired) electrons. The van der Waals surface area contributed by atoms with Gasteiger partial charge in [-0.05, 0) is 37.1 Å². The van der Waals surface area contributed by atoms with Gasteiger partial charge in [0.15, 0.2) is 17.5 Å². The van der Waals surface area contributed by atoms with Crippen molar-refractivity contribution in [2.75, 3.05) is 41.0 Å². The number of halogens is 1. The third-order valence-corrected chi connectivity index (χ3v) is 4.85. The van der Waals surface area contributed by atoms with E-state index in [4.69, 9.17) is 14.2 Å². The maximum absolute atomic E-state index is 12.7. The van der Waals surface area contributed by atoms with Gasteiger partial charge in [-0.15, -0.1) is 24.0 Å². The third kappa shape index (κ3) is 8.64. The Kier molecular flexibility index (Phi) is 13.1. The number of rotatable bonds is 11. The van der Waals surface area contributed by atoms with Crippen molar-refractivity contribution in [1.29, 1.82) is 0 Å². The van der Waals surface area contributed by atoms with Gasteiger partial charge in [-0.1, -0.05) is 30.3 Å². The molecule has 9 heteroatoms. The lowest BCUT2D eigenvalue weighted by Gasteiger charge is -2.22. The summed E-state index contributed by atoms with van der Waals surface area (Å²) in [6.07, 6.45) is 0. The summed E-state index contributed by atoms with van der Waals surface area (Å²) in [7, 11) is 4.73. The van der Waals surface area contributed by atoms with E-state index in [2.05, 4.69) is 15.6 Å². The Labute approximate surface area is 213 Å². The molecule has 1 amide bonds. The molecule has 0 bridgehead atoms. The van der Waals surface area contributed by atoms with Crippen LogP contribution >= 0.6 is 24.0 Å². The van der Waals surface area contributed by atoms with Gasteiger partial charge in [0, 0.05) is 19.6 Å². The van der Waals surface area contributed by atoms with Crippen LogP contribution in [0.25, 0.3) is 0 Å². The molecule has 2 rings (SSSR count). The number of aliphatic imine (C=N–C) groups is 1. The van der Waals surface area contributed by atoms with Gasteiger partial charge in [-0.25, -0.2) is 4.99 Å². The number of carbonyl (C=O) groups is 1. The highest BCUT2D eigenvalue weighted by Gasteiger charge is 2.14. The molecule has 0 aromatic heterocycles. The first-order chi connectivity index (χ1) is 15.6.